The van der Waals surface area contributed by atoms with Crippen LogP contribution in [0.4, 0.5) is 5.69 Å². The molecule has 138 valence electrons. The van der Waals surface area contributed by atoms with Gasteiger partial charge in [0.15, 0.2) is 0 Å². The van der Waals surface area contributed by atoms with E-state index >= 15 is 0 Å². The van der Waals surface area contributed by atoms with Gasteiger partial charge < -0.3 is 10.2 Å². The van der Waals surface area contributed by atoms with Crippen LogP contribution < -0.4 is 5.32 Å². The van der Waals surface area contributed by atoms with Gasteiger partial charge >= 0.3 is 0 Å². The topological polar surface area (TPSA) is 49.4 Å². The molecular formula is C22H28N2O2. The van der Waals surface area contributed by atoms with Crippen LogP contribution in [0.5, 0.6) is 0 Å². The van der Waals surface area contributed by atoms with Crippen LogP contribution in [0.2, 0.25) is 0 Å². The first-order valence-corrected chi connectivity index (χ1v) is 9.10. The number of hydrogen-bond donors (Lipinski definition) is 1. The third-order valence-corrected chi connectivity index (χ3v) is 4.55. The Bertz CT molecular complexity index is 766. The molecule has 0 aliphatic rings. The van der Waals surface area contributed by atoms with Gasteiger partial charge in [-0.1, -0.05) is 55.0 Å². The van der Waals surface area contributed by atoms with Gasteiger partial charge in [0.2, 0.25) is 11.8 Å². The third-order valence-electron chi connectivity index (χ3n) is 4.55. The monoisotopic (exact) mass is 352 g/mol. The van der Waals surface area contributed by atoms with Crippen molar-refractivity contribution in [3.8, 4) is 0 Å². The smallest absolute Gasteiger partial charge is 0.226 e. The molecule has 0 radical (unpaired) electrons. The summed E-state index contributed by atoms with van der Waals surface area (Å²) in [5.74, 6) is -0.0901. The second kappa shape index (κ2) is 9.18. The number of hydrogen-bond acceptors (Lipinski definition) is 2. The highest BCUT2D eigenvalue weighted by molar-refractivity contribution is 5.92. The average Bonchev–Trinajstić information content (AvgIpc) is 2.61. The highest BCUT2D eigenvalue weighted by atomic mass is 16.2. The Morgan fingerprint density at radius 3 is 2.35 bits per heavy atom. The molecule has 2 amide bonds. The molecular weight excluding hydrogens is 324 g/mol. The van der Waals surface area contributed by atoms with Crippen molar-refractivity contribution in [3.63, 3.8) is 0 Å². The molecule has 0 unspecified atom stereocenters. The number of aryl methyl sites for hydroxylation is 3. The molecule has 0 aliphatic carbocycles. The lowest BCUT2D eigenvalue weighted by Gasteiger charge is -2.21. The normalized spacial score (nSPS) is 10.5. The molecule has 2 rings (SSSR count). The Balaban J connectivity index is 1.97. The predicted octanol–water partition coefficient (Wildman–Crippen LogP) is 4.24. The van der Waals surface area contributed by atoms with Gasteiger partial charge in [0.25, 0.3) is 0 Å². The number of nitrogens with one attached hydrogen (secondary N) is 1. The molecule has 0 saturated carbocycles. The SMILES string of the molecule is CCc1cccc(C)c1NC(=O)CCN(Cc1ccc(C)cc1)C(C)=O. The van der Waals surface area contributed by atoms with E-state index in [-0.39, 0.29) is 18.2 Å². The summed E-state index contributed by atoms with van der Waals surface area (Å²) in [6.07, 6.45) is 1.15. The third kappa shape index (κ3) is 5.45. The Hall–Kier alpha value is -2.62. The number of amides is 2. The molecule has 4 heteroatoms. The lowest BCUT2D eigenvalue weighted by Crippen LogP contribution is -2.31. The second-order valence-electron chi connectivity index (χ2n) is 6.69. The molecule has 0 spiro atoms. The average molecular weight is 352 g/mol. The van der Waals surface area contributed by atoms with Crippen molar-refractivity contribution in [2.24, 2.45) is 0 Å². The summed E-state index contributed by atoms with van der Waals surface area (Å²) < 4.78 is 0. The number of carbonyl (C=O) groups is 2. The summed E-state index contributed by atoms with van der Waals surface area (Å²) in [4.78, 5) is 26.1. The molecule has 4 nitrogen and oxygen atoms in total. The predicted molar refractivity (Wildman–Crippen MR) is 106 cm³/mol. The lowest BCUT2D eigenvalue weighted by atomic mass is 10.1. The summed E-state index contributed by atoms with van der Waals surface area (Å²) in [7, 11) is 0. The van der Waals surface area contributed by atoms with Gasteiger partial charge in [0.1, 0.15) is 0 Å². The van der Waals surface area contributed by atoms with Gasteiger partial charge in [-0.2, -0.15) is 0 Å². The largest absolute Gasteiger partial charge is 0.338 e. The quantitative estimate of drug-likeness (QED) is 0.810. The number of anilines is 1. The van der Waals surface area contributed by atoms with E-state index in [4.69, 9.17) is 0 Å². The van der Waals surface area contributed by atoms with Crippen LogP contribution >= 0.6 is 0 Å². The zero-order chi connectivity index (χ0) is 19.1. The van der Waals surface area contributed by atoms with Gasteiger partial charge in [-0.3, -0.25) is 9.59 Å². The fourth-order valence-electron chi connectivity index (χ4n) is 2.90. The molecule has 0 atom stereocenters. The molecule has 0 heterocycles. The first-order chi connectivity index (χ1) is 12.4. The first-order valence-electron chi connectivity index (χ1n) is 9.10. The standard InChI is InChI=1S/C22H28N2O2/c1-5-20-8-6-7-17(3)22(20)23-21(26)13-14-24(18(4)25)15-19-11-9-16(2)10-12-19/h6-12H,5,13-15H2,1-4H3,(H,23,26). The van der Waals surface area contributed by atoms with Crippen LogP contribution in [0.15, 0.2) is 42.5 Å². The Morgan fingerprint density at radius 2 is 1.73 bits per heavy atom. The van der Waals surface area contributed by atoms with E-state index in [2.05, 4.69) is 12.2 Å². The highest BCUT2D eigenvalue weighted by Gasteiger charge is 2.13. The van der Waals surface area contributed by atoms with Gasteiger partial charge in [0, 0.05) is 32.1 Å². The van der Waals surface area contributed by atoms with Crippen LogP contribution in [-0.4, -0.2) is 23.3 Å². The van der Waals surface area contributed by atoms with Crippen LogP contribution in [0, 0.1) is 13.8 Å². The summed E-state index contributed by atoms with van der Waals surface area (Å²) >= 11 is 0. The van der Waals surface area contributed by atoms with Crippen molar-refractivity contribution >= 4 is 17.5 Å². The molecule has 2 aromatic rings. The van der Waals surface area contributed by atoms with Crippen molar-refractivity contribution in [1.29, 1.82) is 0 Å². The van der Waals surface area contributed by atoms with E-state index in [9.17, 15) is 9.59 Å². The highest BCUT2D eigenvalue weighted by Crippen LogP contribution is 2.21. The first kappa shape index (κ1) is 19.7. The summed E-state index contributed by atoms with van der Waals surface area (Å²) in [6, 6.07) is 14.1. The minimum Gasteiger partial charge on any atom is -0.338 e. The molecule has 26 heavy (non-hydrogen) atoms. The summed E-state index contributed by atoms with van der Waals surface area (Å²) in [6.45, 7) is 8.57. The van der Waals surface area contributed by atoms with Crippen LogP contribution in [0.3, 0.4) is 0 Å². The van der Waals surface area contributed by atoms with Crippen LogP contribution in [-0.2, 0) is 22.6 Å². The van der Waals surface area contributed by atoms with E-state index in [1.165, 1.54) is 5.56 Å². The molecule has 1 N–H and O–H groups in total. The van der Waals surface area contributed by atoms with Gasteiger partial charge in [0.05, 0.1) is 0 Å². The zero-order valence-electron chi connectivity index (χ0n) is 16.1. The van der Waals surface area contributed by atoms with Crippen molar-refractivity contribution < 1.29 is 9.59 Å². The minimum absolute atomic E-state index is 0.0245. The zero-order valence-corrected chi connectivity index (χ0v) is 16.1. The van der Waals surface area contributed by atoms with E-state index < -0.39 is 0 Å². The Kier molecular flexibility index (Phi) is 6.96. The fourth-order valence-corrected chi connectivity index (χ4v) is 2.90. The van der Waals surface area contributed by atoms with Crippen LogP contribution in [0.1, 0.15) is 42.5 Å². The number of nitrogens with zero attached hydrogens (tertiary/aromatic N) is 1. The van der Waals surface area contributed by atoms with E-state index in [1.54, 1.807) is 11.8 Å². The van der Waals surface area contributed by atoms with Crippen molar-refractivity contribution in [2.45, 2.75) is 47.1 Å². The van der Waals surface area contributed by atoms with Crippen molar-refractivity contribution in [3.05, 3.63) is 64.7 Å². The fraction of sp³-hybridized carbons (Fsp3) is 0.364. The molecule has 0 fully saturated rings. The van der Waals surface area contributed by atoms with E-state index in [0.717, 1.165) is 28.8 Å². The van der Waals surface area contributed by atoms with Crippen molar-refractivity contribution in [1.82, 2.24) is 4.90 Å². The van der Waals surface area contributed by atoms with Gasteiger partial charge in [-0.05, 0) is 37.0 Å². The molecule has 0 aromatic heterocycles. The maximum absolute atomic E-state index is 12.4. The Labute approximate surface area is 156 Å². The number of para-hydroxylation sites is 1. The number of carbonyl (C=O) groups excluding carboxylic acids is 2. The number of benzene rings is 2. The molecule has 0 aliphatic heterocycles. The molecule has 2 aromatic carbocycles. The maximum Gasteiger partial charge on any atom is 0.226 e. The van der Waals surface area contributed by atoms with E-state index in [1.807, 2.05) is 56.3 Å². The Morgan fingerprint density at radius 1 is 1.04 bits per heavy atom. The van der Waals surface area contributed by atoms with Crippen molar-refractivity contribution in [2.75, 3.05) is 11.9 Å². The van der Waals surface area contributed by atoms with Gasteiger partial charge in [-0.25, -0.2) is 0 Å². The maximum atomic E-state index is 12.4. The second-order valence-corrected chi connectivity index (χ2v) is 6.69. The molecule has 0 saturated heterocycles. The lowest BCUT2D eigenvalue weighted by molar-refractivity contribution is -0.129. The summed E-state index contributed by atoms with van der Waals surface area (Å²) in [5.41, 5.74) is 5.33. The van der Waals surface area contributed by atoms with Gasteiger partial charge in [-0.15, -0.1) is 0 Å². The number of rotatable bonds is 7. The minimum atomic E-state index is -0.0656. The van der Waals surface area contributed by atoms with Crippen LogP contribution in [0.25, 0.3) is 0 Å². The van der Waals surface area contributed by atoms with E-state index in [0.29, 0.717) is 13.1 Å². The summed E-state index contributed by atoms with van der Waals surface area (Å²) in [5, 5.41) is 3.02. The molecule has 0 bridgehead atoms.